The van der Waals surface area contributed by atoms with Crippen LogP contribution >= 0.6 is 11.8 Å². The van der Waals surface area contributed by atoms with Crippen LogP contribution in [-0.2, 0) is 0 Å². The average molecular weight is 244 g/mol. The van der Waals surface area contributed by atoms with Gasteiger partial charge in [0.1, 0.15) is 0 Å². The van der Waals surface area contributed by atoms with Crippen molar-refractivity contribution in [1.82, 2.24) is 10.2 Å². The molecule has 0 aromatic heterocycles. The lowest BCUT2D eigenvalue weighted by Gasteiger charge is -2.33. The molecule has 16 heavy (non-hydrogen) atoms. The van der Waals surface area contributed by atoms with Crippen LogP contribution in [-0.4, -0.2) is 48.6 Å². The third kappa shape index (κ3) is 5.55. The Kier molecular flexibility index (Phi) is 7.50. The van der Waals surface area contributed by atoms with E-state index in [2.05, 4.69) is 31.1 Å². The van der Waals surface area contributed by atoms with Crippen molar-refractivity contribution in [2.45, 2.75) is 51.6 Å². The zero-order valence-electron chi connectivity index (χ0n) is 11.2. The van der Waals surface area contributed by atoms with Gasteiger partial charge in [0, 0.05) is 18.6 Å². The molecule has 2 nitrogen and oxygen atoms in total. The van der Waals surface area contributed by atoms with Gasteiger partial charge in [0.2, 0.25) is 0 Å². The zero-order chi connectivity index (χ0) is 11.8. The first-order valence-corrected chi connectivity index (χ1v) is 7.91. The van der Waals surface area contributed by atoms with Crippen LogP contribution in [0.2, 0.25) is 0 Å². The number of likely N-dealkylation sites (tertiary alicyclic amines) is 1. The molecule has 0 saturated carbocycles. The van der Waals surface area contributed by atoms with Gasteiger partial charge < -0.3 is 10.2 Å². The minimum absolute atomic E-state index is 0.675. The summed E-state index contributed by atoms with van der Waals surface area (Å²) in [5.74, 6) is 2.54. The van der Waals surface area contributed by atoms with Crippen molar-refractivity contribution >= 4 is 11.8 Å². The number of nitrogens with zero attached hydrogens (tertiary/aromatic N) is 1. The molecular formula is C13H28N2S. The van der Waals surface area contributed by atoms with Crippen LogP contribution in [0.1, 0.15) is 39.5 Å². The monoisotopic (exact) mass is 244 g/mol. The second kappa shape index (κ2) is 8.37. The highest BCUT2D eigenvalue weighted by Crippen LogP contribution is 2.14. The van der Waals surface area contributed by atoms with E-state index in [0.29, 0.717) is 6.04 Å². The zero-order valence-corrected chi connectivity index (χ0v) is 12.0. The fourth-order valence-electron chi connectivity index (χ4n) is 2.25. The largest absolute Gasteiger partial charge is 0.313 e. The highest BCUT2D eigenvalue weighted by Gasteiger charge is 2.18. The summed E-state index contributed by atoms with van der Waals surface area (Å²) in [6, 6.07) is 1.45. The predicted molar refractivity (Wildman–Crippen MR) is 75.3 cm³/mol. The molecule has 1 saturated heterocycles. The van der Waals surface area contributed by atoms with E-state index in [1.807, 2.05) is 11.8 Å². The minimum atomic E-state index is 0.675. The molecule has 0 bridgehead atoms. The maximum absolute atomic E-state index is 3.69. The Balaban J connectivity index is 2.07. The standard InChI is InChI=1S/C13H28N2S/c1-4-16-10-8-12(2)14-11-13-7-5-6-9-15(13)3/h12-14H,4-11H2,1-3H3. The van der Waals surface area contributed by atoms with E-state index in [0.717, 1.165) is 6.04 Å². The molecule has 0 radical (unpaired) electrons. The molecule has 0 aliphatic carbocycles. The summed E-state index contributed by atoms with van der Waals surface area (Å²) in [6.45, 7) is 7.01. The number of piperidine rings is 1. The molecule has 0 spiro atoms. The van der Waals surface area contributed by atoms with Gasteiger partial charge in [-0.3, -0.25) is 0 Å². The summed E-state index contributed by atoms with van der Waals surface area (Å²) < 4.78 is 0. The Morgan fingerprint density at radius 2 is 2.25 bits per heavy atom. The fourth-order valence-corrected chi connectivity index (χ4v) is 3.05. The van der Waals surface area contributed by atoms with Crippen molar-refractivity contribution in [2.24, 2.45) is 0 Å². The SMILES string of the molecule is CCSCCC(C)NCC1CCCCN1C. The van der Waals surface area contributed by atoms with Gasteiger partial charge in [-0.1, -0.05) is 13.3 Å². The van der Waals surface area contributed by atoms with Crippen LogP contribution in [0.5, 0.6) is 0 Å². The molecule has 1 rings (SSSR count). The van der Waals surface area contributed by atoms with Gasteiger partial charge in [0.05, 0.1) is 0 Å². The lowest BCUT2D eigenvalue weighted by atomic mass is 10.0. The normalized spacial score (nSPS) is 24.6. The quantitative estimate of drug-likeness (QED) is 0.693. The number of hydrogen-bond donors (Lipinski definition) is 1. The van der Waals surface area contributed by atoms with Crippen molar-refractivity contribution in [3.8, 4) is 0 Å². The first-order chi connectivity index (χ1) is 7.74. The van der Waals surface area contributed by atoms with E-state index >= 15 is 0 Å². The van der Waals surface area contributed by atoms with Gasteiger partial charge in [0.25, 0.3) is 0 Å². The lowest BCUT2D eigenvalue weighted by Crippen LogP contribution is -2.45. The summed E-state index contributed by atoms with van der Waals surface area (Å²) in [4.78, 5) is 2.52. The Morgan fingerprint density at radius 3 is 2.94 bits per heavy atom. The van der Waals surface area contributed by atoms with E-state index in [4.69, 9.17) is 0 Å². The number of nitrogens with one attached hydrogen (secondary N) is 1. The number of likely N-dealkylation sites (N-methyl/N-ethyl adjacent to an activating group) is 1. The van der Waals surface area contributed by atoms with Crippen molar-refractivity contribution in [2.75, 3.05) is 31.6 Å². The third-order valence-electron chi connectivity index (χ3n) is 3.52. The van der Waals surface area contributed by atoms with Gasteiger partial charge in [0.15, 0.2) is 0 Å². The van der Waals surface area contributed by atoms with Crippen molar-refractivity contribution in [3.63, 3.8) is 0 Å². The third-order valence-corrected chi connectivity index (χ3v) is 4.46. The summed E-state index contributed by atoms with van der Waals surface area (Å²) in [5.41, 5.74) is 0. The lowest BCUT2D eigenvalue weighted by molar-refractivity contribution is 0.178. The first kappa shape index (κ1) is 14.3. The maximum Gasteiger partial charge on any atom is 0.0217 e. The van der Waals surface area contributed by atoms with Crippen molar-refractivity contribution in [3.05, 3.63) is 0 Å². The summed E-state index contributed by atoms with van der Waals surface area (Å²) >= 11 is 2.05. The molecule has 1 fully saturated rings. The van der Waals surface area contributed by atoms with Gasteiger partial charge >= 0.3 is 0 Å². The smallest absolute Gasteiger partial charge is 0.0217 e. The van der Waals surface area contributed by atoms with Crippen LogP contribution in [0, 0.1) is 0 Å². The van der Waals surface area contributed by atoms with E-state index < -0.39 is 0 Å². The molecule has 2 unspecified atom stereocenters. The van der Waals surface area contributed by atoms with Crippen molar-refractivity contribution in [1.29, 1.82) is 0 Å². The van der Waals surface area contributed by atoms with Crippen LogP contribution < -0.4 is 5.32 Å². The Morgan fingerprint density at radius 1 is 1.44 bits per heavy atom. The van der Waals surface area contributed by atoms with Gasteiger partial charge in [-0.25, -0.2) is 0 Å². The van der Waals surface area contributed by atoms with Crippen LogP contribution in [0.15, 0.2) is 0 Å². The molecular weight excluding hydrogens is 216 g/mol. The van der Waals surface area contributed by atoms with Gasteiger partial charge in [-0.05, 0) is 51.3 Å². The maximum atomic E-state index is 3.69. The van der Waals surface area contributed by atoms with Crippen LogP contribution in [0.25, 0.3) is 0 Å². The molecule has 3 heteroatoms. The summed E-state index contributed by atoms with van der Waals surface area (Å²) in [5, 5.41) is 3.69. The molecule has 2 atom stereocenters. The fraction of sp³-hybridized carbons (Fsp3) is 1.00. The molecule has 1 N–H and O–H groups in total. The number of thioether (sulfide) groups is 1. The van der Waals surface area contributed by atoms with Gasteiger partial charge in [-0.2, -0.15) is 11.8 Å². The van der Waals surface area contributed by atoms with Crippen molar-refractivity contribution < 1.29 is 0 Å². The Labute approximate surface area is 106 Å². The minimum Gasteiger partial charge on any atom is -0.313 e. The van der Waals surface area contributed by atoms with Crippen LogP contribution in [0.3, 0.4) is 0 Å². The topological polar surface area (TPSA) is 15.3 Å². The average Bonchev–Trinajstić information content (AvgIpc) is 2.28. The highest BCUT2D eigenvalue weighted by atomic mass is 32.2. The van der Waals surface area contributed by atoms with E-state index in [1.165, 1.54) is 50.3 Å². The highest BCUT2D eigenvalue weighted by molar-refractivity contribution is 7.99. The Hall–Kier alpha value is 0.270. The second-order valence-corrected chi connectivity index (χ2v) is 6.32. The summed E-state index contributed by atoms with van der Waals surface area (Å²) in [7, 11) is 2.27. The number of rotatable bonds is 7. The molecule has 1 aliphatic heterocycles. The van der Waals surface area contributed by atoms with Crippen LogP contribution in [0.4, 0.5) is 0 Å². The molecule has 1 aliphatic rings. The van der Waals surface area contributed by atoms with E-state index in [1.54, 1.807) is 0 Å². The number of hydrogen-bond acceptors (Lipinski definition) is 3. The predicted octanol–water partition coefficient (Wildman–Crippen LogP) is 2.59. The molecule has 1 heterocycles. The van der Waals surface area contributed by atoms with E-state index in [9.17, 15) is 0 Å². The second-order valence-electron chi connectivity index (χ2n) is 4.93. The molecule has 0 aromatic carbocycles. The molecule has 0 amide bonds. The molecule has 96 valence electrons. The molecule has 0 aromatic rings. The van der Waals surface area contributed by atoms with E-state index in [-0.39, 0.29) is 0 Å². The van der Waals surface area contributed by atoms with Gasteiger partial charge in [-0.15, -0.1) is 0 Å². The first-order valence-electron chi connectivity index (χ1n) is 6.75. The Bertz CT molecular complexity index is 175. The summed E-state index contributed by atoms with van der Waals surface area (Å²) in [6.07, 6.45) is 5.47.